The van der Waals surface area contributed by atoms with Gasteiger partial charge in [-0.15, -0.1) is 0 Å². The Labute approximate surface area is 102 Å². The van der Waals surface area contributed by atoms with Crippen LogP contribution in [0.15, 0.2) is 48.5 Å². The fourth-order valence-corrected chi connectivity index (χ4v) is 1.66. The summed E-state index contributed by atoms with van der Waals surface area (Å²) in [7, 11) is 1.69. The Morgan fingerprint density at radius 2 is 1.82 bits per heavy atom. The molecule has 2 nitrogen and oxygen atoms in total. The number of benzene rings is 2. The quantitative estimate of drug-likeness (QED) is 0.781. The van der Waals surface area contributed by atoms with Crippen LogP contribution in [0.4, 0.5) is 0 Å². The molecule has 0 N–H and O–H groups in total. The summed E-state index contributed by atoms with van der Waals surface area (Å²) < 4.78 is 10.9. The van der Waals surface area contributed by atoms with Gasteiger partial charge in [-0.2, -0.15) is 0 Å². The van der Waals surface area contributed by atoms with Gasteiger partial charge in [-0.3, -0.25) is 0 Å². The van der Waals surface area contributed by atoms with Crippen LogP contribution in [0.3, 0.4) is 0 Å². The minimum Gasteiger partial charge on any atom is -0.496 e. The van der Waals surface area contributed by atoms with Crippen LogP contribution in [0.5, 0.6) is 11.5 Å². The monoisotopic (exact) mass is 227 g/mol. The molecule has 87 valence electrons. The van der Waals surface area contributed by atoms with Crippen LogP contribution in [-0.4, -0.2) is 13.7 Å². The van der Waals surface area contributed by atoms with Crippen LogP contribution in [0.2, 0.25) is 0 Å². The molecule has 0 amide bonds. The number of methoxy groups -OCH3 is 1. The van der Waals surface area contributed by atoms with Crippen LogP contribution in [-0.2, 0) is 6.42 Å². The van der Waals surface area contributed by atoms with Crippen molar-refractivity contribution in [3.8, 4) is 11.5 Å². The lowest BCUT2D eigenvalue weighted by atomic mass is 10.1. The summed E-state index contributed by atoms with van der Waals surface area (Å²) in [5.41, 5.74) is 1.16. The van der Waals surface area contributed by atoms with Crippen LogP contribution in [0, 0.1) is 6.07 Å². The van der Waals surface area contributed by atoms with Gasteiger partial charge in [0, 0.05) is 6.42 Å². The molecule has 0 aliphatic heterocycles. The zero-order chi connectivity index (χ0) is 11.9. The van der Waals surface area contributed by atoms with E-state index in [1.807, 2.05) is 42.5 Å². The average molecular weight is 227 g/mol. The van der Waals surface area contributed by atoms with Gasteiger partial charge < -0.3 is 9.47 Å². The third-order valence-corrected chi connectivity index (χ3v) is 2.52. The zero-order valence-corrected chi connectivity index (χ0v) is 9.85. The van der Waals surface area contributed by atoms with Gasteiger partial charge in [-0.1, -0.05) is 30.3 Å². The highest BCUT2D eigenvalue weighted by molar-refractivity contribution is 5.33. The van der Waals surface area contributed by atoms with E-state index >= 15 is 0 Å². The van der Waals surface area contributed by atoms with Crippen molar-refractivity contribution in [3.05, 3.63) is 60.2 Å². The number of rotatable bonds is 5. The Morgan fingerprint density at radius 3 is 2.59 bits per heavy atom. The molecule has 0 aliphatic rings. The fourth-order valence-electron chi connectivity index (χ4n) is 1.66. The first-order valence-electron chi connectivity index (χ1n) is 5.61. The molecule has 0 bridgehead atoms. The van der Waals surface area contributed by atoms with Gasteiger partial charge in [0.05, 0.1) is 13.7 Å². The molecule has 0 heterocycles. The van der Waals surface area contributed by atoms with Gasteiger partial charge in [0.2, 0.25) is 0 Å². The molecular formula is C15H15O2. The predicted octanol–water partition coefficient (Wildman–Crippen LogP) is 3.12. The van der Waals surface area contributed by atoms with Crippen molar-refractivity contribution in [1.82, 2.24) is 0 Å². The minimum absolute atomic E-state index is 0.643. The van der Waals surface area contributed by atoms with E-state index in [1.165, 1.54) is 0 Å². The minimum atomic E-state index is 0.643. The summed E-state index contributed by atoms with van der Waals surface area (Å²) in [6, 6.07) is 18.5. The van der Waals surface area contributed by atoms with E-state index in [1.54, 1.807) is 7.11 Å². The maximum Gasteiger partial charge on any atom is 0.122 e. The standard InChI is InChI=1S/C15H15O2/c1-16-15-10-6-5-7-13(15)11-12-17-14-8-3-2-4-9-14/h3-10H,11-12H2,1H3. The Bertz CT molecular complexity index is 451. The topological polar surface area (TPSA) is 18.5 Å². The van der Waals surface area contributed by atoms with Gasteiger partial charge in [0.15, 0.2) is 0 Å². The first-order valence-corrected chi connectivity index (χ1v) is 5.61. The molecule has 0 unspecified atom stereocenters. The molecule has 1 radical (unpaired) electrons. The lowest BCUT2D eigenvalue weighted by Crippen LogP contribution is -2.02. The summed E-state index contributed by atoms with van der Waals surface area (Å²) >= 11 is 0. The lowest BCUT2D eigenvalue weighted by Gasteiger charge is -2.09. The van der Waals surface area contributed by atoms with E-state index in [0.717, 1.165) is 23.5 Å². The van der Waals surface area contributed by atoms with E-state index in [2.05, 4.69) is 12.1 Å². The predicted molar refractivity (Wildman–Crippen MR) is 67.5 cm³/mol. The van der Waals surface area contributed by atoms with Crippen molar-refractivity contribution in [2.24, 2.45) is 0 Å². The first kappa shape index (κ1) is 11.5. The molecule has 0 atom stereocenters. The molecule has 0 saturated carbocycles. The SMILES string of the molecule is COc1ccccc1CCOc1cc[c]cc1. The zero-order valence-electron chi connectivity index (χ0n) is 9.85. The van der Waals surface area contributed by atoms with E-state index < -0.39 is 0 Å². The molecular weight excluding hydrogens is 212 g/mol. The van der Waals surface area contributed by atoms with Crippen LogP contribution < -0.4 is 9.47 Å². The number of para-hydroxylation sites is 1. The van der Waals surface area contributed by atoms with E-state index in [9.17, 15) is 0 Å². The molecule has 0 saturated heterocycles. The normalized spacial score (nSPS) is 9.94. The van der Waals surface area contributed by atoms with Crippen molar-refractivity contribution in [3.63, 3.8) is 0 Å². The lowest BCUT2D eigenvalue weighted by molar-refractivity contribution is 0.318. The van der Waals surface area contributed by atoms with Gasteiger partial charge in [-0.05, 0) is 29.8 Å². The van der Waals surface area contributed by atoms with Crippen molar-refractivity contribution in [2.45, 2.75) is 6.42 Å². The van der Waals surface area contributed by atoms with E-state index in [4.69, 9.17) is 9.47 Å². The number of hydrogen-bond acceptors (Lipinski definition) is 2. The molecule has 0 spiro atoms. The van der Waals surface area contributed by atoms with Crippen LogP contribution in [0.25, 0.3) is 0 Å². The summed E-state index contributed by atoms with van der Waals surface area (Å²) in [4.78, 5) is 0. The molecule has 2 rings (SSSR count). The van der Waals surface area contributed by atoms with Crippen molar-refractivity contribution in [1.29, 1.82) is 0 Å². The molecule has 0 aliphatic carbocycles. The molecule has 2 aromatic rings. The third kappa shape index (κ3) is 3.25. The number of hydrogen-bond donors (Lipinski definition) is 0. The molecule has 0 aromatic heterocycles. The Morgan fingerprint density at radius 1 is 1.06 bits per heavy atom. The maximum atomic E-state index is 5.63. The second-order valence-corrected chi connectivity index (χ2v) is 3.65. The van der Waals surface area contributed by atoms with Crippen LogP contribution in [0.1, 0.15) is 5.56 Å². The largest absolute Gasteiger partial charge is 0.496 e. The first-order chi connectivity index (χ1) is 8.40. The molecule has 0 fully saturated rings. The van der Waals surface area contributed by atoms with E-state index in [-0.39, 0.29) is 0 Å². The summed E-state index contributed by atoms with van der Waals surface area (Å²) in [6.07, 6.45) is 0.836. The van der Waals surface area contributed by atoms with Gasteiger partial charge in [-0.25, -0.2) is 0 Å². The van der Waals surface area contributed by atoms with Gasteiger partial charge >= 0.3 is 0 Å². The van der Waals surface area contributed by atoms with Crippen molar-refractivity contribution < 1.29 is 9.47 Å². The number of ether oxygens (including phenoxy) is 2. The molecule has 2 aromatic carbocycles. The highest BCUT2D eigenvalue weighted by Gasteiger charge is 2.01. The van der Waals surface area contributed by atoms with E-state index in [0.29, 0.717) is 6.61 Å². The summed E-state index contributed by atoms with van der Waals surface area (Å²) in [5.74, 6) is 1.79. The smallest absolute Gasteiger partial charge is 0.122 e. The van der Waals surface area contributed by atoms with Crippen molar-refractivity contribution >= 4 is 0 Å². The Balaban J connectivity index is 1.90. The highest BCUT2D eigenvalue weighted by Crippen LogP contribution is 2.18. The molecule has 2 heteroatoms. The second-order valence-electron chi connectivity index (χ2n) is 3.65. The molecule has 17 heavy (non-hydrogen) atoms. The summed E-state index contributed by atoms with van der Waals surface area (Å²) in [6.45, 7) is 0.643. The van der Waals surface area contributed by atoms with Gasteiger partial charge in [0.25, 0.3) is 0 Å². The highest BCUT2D eigenvalue weighted by atomic mass is 16.5. The third-order valence-electron chi connectivity index (χ3n) is 2.52. The fraction of sp³-hybridized carbons (Fsp3) is 0.200. The summed E-state index contributed by atoms with van der Waals surface area (Å²) in [5, 5.41) is 0. The second kappa shape index (κ2) is 5.94. The Kier molecular flexibility index (Phi) is 4.03. The maximum absolute atomic E-state index is 5.63. The van der Waals surface area contributed by atoms with Crippen molar-refractivity contribution in [2.75, 3.05) is 13.7 Å². The Hall–Kier alpha value is -1.96. The van der Waals surface area contributed by atoms with Crippen LogP contribution >= 0.6 is 0 Å². The van der Waals surface area contributed by atoms with Gasteiger partial charge in [0.1, 0.15) is 11.5 Å². The average Bonchev–Trinajstić information content (AvgIpc) is 2.40.